The van der Waals surface area contributed by atoms with Gasteiger partial charge < -0.3 is 19.1 Å². The first-order valence-electron chi connectivity index (χ1n) is 10.2. The molecule has 31 heavy (non-hydrogen) atoms. The first kappa shape index (κ1) is 20.6. The lowest BCUT2D eigenvalue weighted by Gasteiger charge is -2.39. The molecule has 1 fully saturated rings. The summed E-state index contributed by atoms with van der Waals surface area (Å²) >= 11 is 0. The molecule has 160 valence electrons. The van der Waals surface area contributed by atoms with E-state index in [2.05, 4.69) is 10.1 Å². The van der Waals surface area contributed by atoms with Gasteiger partial charge in [0.25, 0.3) is 11.8 Å². The zero-order chi connectivity index (χ0) is 21.6. The molecule has 0 N–H and O–H groups in total. The normalized spacial score (nSPS) is 16.2. The number of amides is 2. The Labute approximate surface area is 180 Å². The van der Waals surface area contributed by atoms with E-state index in [1.165, 1.54) is 0 Å². The molecule has 0 aliphatic carbocycles. The zero-order valence-corrected chi connectivity index (χ0v) is 17.3. The van der Waals surface area contributed by atoms with Crippen LogP contribution in [0.15, 0.2) is 65.2 Å². The van der Waals surface area contributed by atoms with Gasteiger partial charge in [0.1, 0.15) is 5.75 Å². The Kier molecular flexibility index (Phi) is 6.26. The molecular weight excluding hydrogens is 396 g/mol. The van der Waals surface area contributed by atoms with Crippen LogP contribution in [-0.2, 0) is 16.0 Å². The molecule has 4 rings (SSSR count). The zero-order valence-electron chi connectivity index (χ0n) is 17.3. The standard InChI is InChI=1S/C23H24N4O4/c1-17-15-26(12-13-27(17)22(29)16-30-19-10-6-3-7-11-19)21(28)14-20-24-23(31-25-20)18-8-4-2-5-9-18/h2-11,17H,12-16H2,1H3/t17-/m1/s1. The lowest BCUT2D eigenvalue weighted by molar-refractivity contribution is -0.143. The van der Waals surface area contributed by atoms with Crippen LogP contribution >= 0.6 is 0 Å². The Morgan fingerprint density at radius 1 is 1.03 bits per heavy atom. The number of carbonyl (C=O) groups is 2. The summed E-state index contributed by atoms with van der Waals surface area (Å²) in [4.78, 5) is 33.1. The number of aromatic nitrogens is 2. The molecule has 1 atom stereocenters. The molecule has 2 aromatic carbocycles. The van der Waals surface area contributed by atoms with Crippen LogP contribution in [0.2, 0.25) is 0 Å². The first-order chi connectivity index (χ1) is 15.1. The summed E-state index contributed by atoms with van der Waals surface area (Å²) in [6.45, 7) is 3.30. The van der Waals surface area contributed by atoms with Gasteiger partial charge in [-0.3, -0.25) is 9.59 Å². The molecule has 2 amide bonds. The Morgan fingerprint density at radius 2 is 1.74 bits per heavy atom. The molecule has 0 bridgehead atoms. The van der Waals surface area contributed by atoms with Crippen LogP contribution in [0.25, 0.3) is 11.5 Å². The van der Waals surface area contributed by atoms with Crippen molar-refractivity contribution in [3.8, 4) is 17.2 Å². The smallest absolute Gasteiger partial charge is 0.260 e. The Balaban J connectivity index is 1.29. The third kappa shape index (κ3) is 5.09. The number of nitrogens with zero attached hydrogens (tertiary/aromatic N) is 4. The van der Waals surface area contributed by atoms with Crippen molar-refractivity contribution in [1.82, 2.24) is 19.9 Å². The lowest BCUT2D eigenvalue weighted by atomic mass is 10.1. The van der Waals surface area contributed by atoms with Crippen molar-refractivity contribution in [3.63, 3.8) is 0 Å². The fourth-order valence-corrected chi connectivity index (χ4v) is 3.57. The maximum Gasteiger partial charge on any atom is 0.260 e. The third-order valence-corrected chi connectivity index (χ3v) is 5.20. The van der Waals surface area contributed by atoms with E-state index in [1.54, 1.807) is 9.80 Å². The van der Waals surface area contributed by atoms with Crippen molar-refractivity contribution in [3.05, 3.63) is 66.5 Å². The minimum Gasteiger partial charge on any atom is -0.484 e. The number of rotatable bonds is 6. The van der Waals surface area contributed by atoms with Gasteiger partial charge in [0.2, 0.25) is 5.91 Å². The highest BCUT2D eigenvalue weighted by atomic mass is 16.5. The third-order valence-electron chi connectivity index (χ3n) is 5.20. The minimum atomic E-state index is -0.102. The first-order valence-corrected chi connectivity index (χ1v) is 10.2. The fourth-order valence-electron chi connectivity index (χ4n) is 3.57. The number of benzene rings is 2. The summed E-state index contributed by atoms with van der Waals surface area (Å²) in [6, 6.07) is 18.6. The van der Waals surface area contributed by atoms with Crippen LogP contribution in [0.5, 0.6) is 5.75 Å². The maximum absolute atomic E-state index is 12.7. The van der Waals surface area contributed by atoms with Crippen LogP contribution < -0.4 is 4.74 Å². The van der Waals surface area contributed by atoms with Crippen LogP contribution in [0.1, 0.15) is 12.7 Å². The fraction of sp³-hybridized carbons (Fsp3) is 0.304. The number of hydrogen-bond donors (Lipinski definition) is 0. The van der Waals surface area contributed by atoms with Crippen molar-refractivity contribution in [1.29, 1.82) is 0 Å². The van der Waals surface area contributed by atoms with Crippen LogP contribution in [0.3, 0.4) is 0 Å². The van der Waals surface area contributed by atoms with E-state index in [-0.39, 0.29) is 30.9 Å². The van der Waals surface area contributed by atoms with Gasteiger partial charge in [-0.15, -0.1) is 0 Å². The molecule has 0 radical (unpaired) electrons. The van der Waals surface area contributed by atoms with Crippen molar-refractivity contribution in [2.75, 3.05) is 26.2 Å². The van der Waals surface area contributed by atoms with Gasteiger partial charge >= 0.3 is 0 Å². The van der Waals surface area contributed by atoms with E-state index >= 15 is 0 Å². The van der Waals surface area contributed by atoms with Crippen LogP contribution in [0.4, 0.5) is 0 Å². The number of ether oxygens (including phenoxy) is 1. The molecule has 1 aliphatic heterocycles. The van der Waals surface area contributed by atoms with E-state index in [1.807, 2.05) is 67.6 Å². The second-order valence-corrected chi connectivity index (χ2v) is 7.44. The minimum absolute atomic E-state index is 0.0204. The van der Waals surface area contributed by atoms with Crippen LogP contribution in [0, 0.1) is 0 Å². The molecule has 0 saturated carbocycles. The molecule has 0 spiro atoms. The number of para-hydroxylation sites is 1. The SMILES string of the molecule is C[C@@H]1CN(C(=O)Cc2noc(-c3ccccc3)n2)CCN1C(=O)COc1ccccc1. The average molecular weight is 420 g/mol. The maximum atomic E-state index is 12.7. The van der Waals surface area contributed by atoms with E-state index in [0.29, 0.717) is 37.1 Å². The predicted molar refractivity (Wildman–Crippen MR) is 113 cm³/mol. The molecule has 8 nitrogen and oxygen atoms in total. The molecule has 3 aromatic rings. The van der Waals surface area contributed by atoms with Crippen LogP contribution in [-0.4, -0.2) is 64.0 Å². The Hall–Kier alpha value is -3.68. The molecule has 8 heteroatoms. The summed E-state index contributed by atoms with van der Waals surface area (Å²) in [6.07, 6.45) is 0.0636. The summed E-state index contributed by atoms with van der Waals surface area (Å²) in [5, 5.41) is 3.93. The topological polar surface area (TPSA) is 88.8 Å². The predicted octanol–water partition coefficient (Wildman–Crippen LogP) is 2.42. The summed E-state index contributed by atoms with van der Waals surface area (Å²) in [5.74, 6) is 1.23. The second kappa shape index (κ2) is 9.42. The summed E-state index contributed by atoms with van der Waals surface area (Å²) < 4.78 is 10.8. The van der Waals surface area contributed by atoms with E-state index < -0.39 is 0 Å². The van der Waals surface area contributed by atoms with Crippen molar-refractivity contribution in [2.24, 2.45) is 0 Å². The van der Waals surface area contributed by atoms with Crippen molar-refractivity contribution >= 4 is 11.8 Å². The molecule has 1 saturated heterocycles. The highest BCUT2D eigenvalue weighted by Crippen LogP contribution is 2.17. The largest absolute Gasteiger partial charge is 0.484 e. The number of piperazine rings is 1. The molecule has 1 aromatic heterocycles. The van der Waals surface area contributed by atoms with Gasteiger partial charge in [-0.05, 0) is 31.2 Å². The van der Waals surface area contributed by atoms with E-state index in [4.69, 9.17) is 9.26 Å². The Bertz CT molecular complexity index is 1020. The molecule has 0 unspecified atom stereocenters. The summed E-state index contributed by atoms with van der Waals surface area (Å²) in [7, 11) is 0. The van der Waals surface area contributed by atoms with Crippen molar-refractivity contribution < 1.29 is 18.8 Å². The van der Waals surface area contributed by atoms with Gasteiger partial charge in [0, 0.05) is 31.2 Å². The van der Waals surface area contributed by atoms with E-state index in [0.717, 1.165) is 5.56 Å². The second-order valence-electron chi connectivity index (χ2n) is 7.44. The van der Waals surface area contributed by atoms with Gasteiger partial charge in [-0.2, -0.15) is 4.98 Å². The monoisotopic (exact) mass is 420 g/mol. The van der Waals surface area contributed by atoms with Gasteiger partial charge in [-0.25, -0.2) is 0 Å². The molecular formula is C23H24N4O4. The molecule has 2 heterocycles. The van der Waals surface area contributed by atoms with E-state index in [9.17, 15) is 9.59 Å². The average Bonchev–Trinajstić information content (AvgIpc) is 3.27. The van der Waals surface area contributed by atoms with Gasteiger partial charge in [-0.1, -0.05) is 41.6 Å². The highest BCUT2D eigenvalue weighted by molar-refractivity contribution is 5.80. The van der Waals surface area contributed by atoms with Crippen molar-refractivity contribution in [2.45, 2.75) is 19.4 Å². The van der Waals surface area contributed by atoms with Gasteiger partial charge in [0.15, 0.2) is 12.4 Å². The van der Waals surface area contributed by atoms with Gasteiger partial charge in [0.05, 0.1) is 6.42 Å². The molecule has 1 aliphatic rings. The lowest BCUT2D eigenvalue weighted by Crippen LogP contribution is -2.56. The summed E-state index contributed by atoms with van der Waals surface area (Å²) in [5.41, 5.74) is 0.812. The number of carbonyl (C=O) groups excluding carboxylic acids is 2. The quantitative estimate of drug-likeness (QED) is 0.609. The Morgan fingerprint density at radius 3 is 2.45 bits per heavy atom. The number of hydrogen-bond acceptors (Lipinski definition) is 6. The highest BCUT2D eigenvalue weighted by Gasteiger charge is 2.30.